The van der Waals surface area contributed by atoms with E-state index in [0.29, 0.717) is 0 Å². The summed E-state index contributed by atoms with van der Waals surface area (Å²) in [5.74, 6) is 0. The number of nitrogens with one attached hydrogen (secondary N) is 1. The van der Waals surface area contributed by atoms with Crippen LogP contribution in [0.5, 0.6) is 0 Å². The molecule has 0 aromatic heterocycles. The lowest BCUT2D eigenvalue weighted by molar-refractivity contribution is 0.283. The molecule has 0 rings (SSSR count). The van der Waals surface area contributed by atoms with Crippen LogP contribution < -0.4 is 5.32 Å². The summed E-state index contributed by atoms with van der Waals surface area (Å²) in [5.41, 5.74) is 0. The van der Waals surface area contributed by atoms with Gasteiger partial charge in [0, 0.05) is 0 Å². The van der Waals surface area contributed by atoms with Crippen LogP contribution in [0.3, 0.4) is 0 Å². The van der Waals surface area contributed by atoms with E-state index in [4.69, 9.17) is 34.8 Å². The molecule has 82 valence electrons. The summed E-state index contributed by atoms with van der Waals surface area (Å²) in [4.78, 5) is 7.38. The van der Waals surface area contributed by atoms with Gasteiger partial charge in [0.15, 0.2) is 0 Å². The van der Waals surface area contributed by atoms with Crippen molar-refractivity contribution in [3.05, 3.63) is 0 Å². The predicted molar refractivity (Wildman–Crippen MR) is 60.5 cm³/mol. The molecule has 0 spiro atoms. The second-order valence-corrected chi connectivity index (χ2v) is 3.62. The van der Waals surface area contributed by atoms with Crippen molar-refractivity contribution in [3.8, 4) is 0 Å². The van der Waals surface area contributed by atoms with Crippen LogP contribution in [0.15, 0.2) is 9.98 Å². The van der Waals surface area contributed by atoms with Crippen LogP contribution >= 0.6 is 34.8 Å². The molecular weight excluding hydrogens is 251 g/mol. The van der Waals surface area contributed by atoms with Crippen molar-refractivity contribution in [2.45, 2.75) is 26.2 Å². The van der Waals surface area contributed by atoms with E-state index in [1.807, 2.05) is 0 Å². The zero-order chi connectivity index (χ0) is 11.1. The van der Waals surface area contributed by atoms with Crippen LogP contribution in [0, 0.1) is 0 Å². The molecule has 0 amide bonds. The highest BCUT2D eigenvalue weighted by Gasteiger charge is 2.14. The minimum Gasteiger partial charge on any atom is -0.280 e. The van der Waals surface area contributed by atoms with Crippen molar-refractivity contribution in [3.63, 3.8) is 0 Å². The maximum absolute atomic E-state index is 12.9. The van der Waals surface area contributed by atoms with Crippen LogP contribution in [0.4, 0.5) is 4.39 Å². The minimum atomic E-state index is -1.21. The topological polar surface area (TPSA) is 36.8 Å². The van der Waals surface area contributed by atoms with Gasteiger partial charge >= 0.3 is 0 Å². The van der Waals surface area contributed by atoms with Crippen molar-refractivity contribution in [2.75, 3.05) is 6.00 Å². The van der Waals surface area contributed by atoms with Gasteiger partial charge in [-0.1, -0.05) is 11.6 Å². The van der Waals surface area contributed by atoms with E-state index in [0.717, 1.165) is 0 Å². The van der Waals surface area contributed by atoms with Gasteiger partial charge in [0.05, 0.1) is 6.00 Å². The number of nitrogens with zero attached hydrogens (tertiary/aromatic N) is 2. The van der Waals surface area contributed by atoms with Crippen molar-refractivity contribution in [2.24, 2.45) is 9.98 Å². The molecule has 0 bridgehead atoms. The first kappa shape index (κ1) is 14.1. The second kappa shape index (κ2) is 7.40. The van der Waals surface area contributed by atoms with Gasteiger partial charge in [-0.2, -0.15) is 0 Å². The van der Waals surface area contributed by atoms with Gasteiger partial charge in [0.1, 0.15) is 17.5 Å². The van der Waals surface area contributed by atoms with Crippen LogP contribution in [0.2, 0.25) is 0 Å². The Morgan fingerprint density at radius 3 is 2.43 bits per heavy atom. The van der Waals surface area contributed by atoms with Gasteiger partial charge in [0.25, 0.3) is 0 Å². The van der Waals surface area contributed by atoms with Gasteiger partial charge in [-0.05, 0) is 25.4 Å². The Hall–Kier alpha value is 0.1000. The average Bonchev–Trinajstić information content (AvgIpc) is 2.01. The summed E-state index contributed by atoms with van der Waals surface area (Å²) in [5, 5.41) is 2.72. The molecule has 0 aromatic rings. The van der Waals surface area contributed by atoms with Crippen LogP contribution in [0.25, 0.3) is 0 Å². The monoisotopic (exact) mass is 261 g/mol. The summed E-state index contributed by atoms with van der Waals surface area (Å²) in [6.45, 7) is 2.89. The zero-order valence-electron chi connectivity index (χ0n) is 7.77. The van der Waals surface area contributed by atoms with Crippen LogP contribution in [-0.2, 0) is 0 Å². The van der Waals surface area contributed by atoms with E-state index in [-0.39, 0.29) is 16.5 Å². The van der Waals surface area contributed by atoms with E-state index in [1.54, 1.807) is 6.92 Å². The van der Waals surface area contributed by atoms with Gasteiger partial charge in [-0.3, -0.25) is 5.32 Å². The molecule has 0 aromatic carbocycles. The summed E-state index contributed by atoms with van der Waals surface area (Å²) in [7, 11) is 0. The smallest absolute Gasteiger partial charge is 0.220 e. The Kier molecular flexibility index (Phi) is 7.45. The standard InChI is InChI=1S/C7H11Cl3FN3/c1-4(11)6(12-3-8)14-7(10)13-5(2)9/h4,6,12H,3H2,1-2H3/b13-5+,14-7-/t4?,6-/m1/s1. The first-order valence-electron chi connectivity index (χ1n) is 3.85. The first-order valence-corrected chi connectivity index (χ1v) is 5.14. The fourth-order valence-electron chi connectivity index (χ4n) is 0.661. The third-order valence-electron chi connectivity index (χ3n) is 1.21. The maximum Gasteiger partial charge on any atom is 0.220 e. The molecule has 3 nitrogen and oxygen atoms in total. The Bertz CT molecular complexity index is 226. The van der Waals surface area contributed by atoms with E-state index in [9.17, 15) is 4.39 Å². The molecule has 0 aliphatic rings. The number of halogens is 4. The van der Waals surface area contributed by atoms with Gasteiger partial charge in [-0.15, -0.1) is 11.6 Å². The molecule has 0 saturated carbocycles. The summed E-state index contributed by atoms with van der Waals surface area (Å²) in [6, 6.07) is 0.0795. The van der Waals surface area contributed by atoms with Gasteiger partial charge in [-0.25, -0.2) is 14.4 Å². The highest BCUT2D eigenvalue weighted by Crippen LogP contribution is 2.03. The van der Waals surface area contributed by atoms with Crippen molar-refractivity contribution < 1.29 is 4.39 Å². The lowest BCUT2D eigenvalue weighted by Crippen LogP contribution is -2.34. The summed E-state index contributed by atoms with van der Waals surface area (Å²) in [6.07, 6.45) is -2.02. The highest BCUT2D eigenvalue weighted by molar-refractivity contribution is 6.71. The lowest BCUT2D eigenvalue weighted by Gasteiger charge is -2.13. The molecule has 1 unspecified atom stereocenters. The number of rotatable bonds is 4. The van der Waals surface area contributed by atoms with Crippen molar-refractivity contribution in [1.29, 1.82) is 0 Å². The second-order valence-electron chi connectivity index (χ2n) is 2.47. The summed E-state index contributed by atoms with van der Waals surface area (Å²) < 4.78 is 12.9. The fraction of sp³-hybridized carbons (Fsp3) is 0.714. The first-order chi connectivity index (χ1) is 6.47. The van der Waals surface area contributed by atoms with Gasteiger partial charge in [0.2, 0.25) is 5.29 Å². The normalized spacial score (nSPS) is 18.1. The fourth-order valence-corrected chi connectivity index (χ4v) is 1.17. The Morgan fingerprint density at radius 1 is 1.50 bits per heavy atom. The van der Waals surface area contributed by atoms with Gasteiger partial charge < -0.3 is 0 Å². The predicted octanol–water partition coefficient (Wildman–Crippen LogP) is 2.71. The molecule has 0 radical (unpaired) electrons. The lowest BCUT2D eigenvalue weighted by atomic mass is 10.3. The number of amidine groups is 1. The van der Waals surface area contributed by atoms with Crippen molar-refractivity contribution in [1.82, 2.24) is 5.32 Å². The molecule has 0 saturated heterocycles. The molecule has 0 aliphatic carbocycles. The van der Waals surface area contributed by atoms with Crippen LogP contribution in [-0.4, -0.2) is 28.8 Å². The zero-order valence-corrected chi connectivity index (χ0v) is 10.0. The molecule has 0 fully saturated rings. The Labute approximate surface area is 97.3 Å². The largest absolute Gasteiger partial charge is 0.280 e. The average molecular weight is 263 g/mol. The molecule has 0 heterocycles. The SMILES string of the molecule is C/C(Cl)=N\C(Cl)=N/[C@@H](NCCl)C(C)F. The van der Waals surface area contributed by atoms with E-state index in [2.05, 4.69) is 15.3 Å². The van der Waals surface area contributed by atoms with Crippen molar-refractivity contribution >= 4 is 45.3 Å². The Morgan fingerprint density at radius 2 is 2.07 bits per heavy atom. The van der Waals surface area contributed by atoms with Crippen LogP contribution in [0.1, 0.15) is 13.8 Å². The van der Waals surface area contributed by atoms with E-state index < -0.39 is 12.3 Å². The van der Waals surface area contributed by atoms with E-state index in [1.165, 1.54) is 6.92 Å². The summed E-state index contributed by atoms with van der Waals surface area (Å²) >= 11 is 16.4. The highest BCUT2D eigenvalue weighted by atomic mass is 35.5. The quantitative estimate of drug-likeness (QED) is 0.360. The molecule has 1 N–H and O–H groups in total. The maximum atomic E-state index is 12.9. The Balaban J connectivity index is 4.46. The number of aliphatic imine (C=N–C) groups is 2. The number of hydrogen-bond acceptors (Lipinski definition) is 2. The molecule has 2 atom stereocenters. The number of alkyl halides is 2. The third kappa shape index (κ3) is 6.54. The minimum absolute atomic E-state index is 0.0795. The molecule has 0 aliphatic heterocycles. The molecule has 14 heavy (non-hydrogen) atoms. The number of hydrogen-bond donors (Lipinski definition) is 1. The molecule has 7 heteroatoms. The van der Waals surface area contributed by atoms with E-state index >= 15 is 0 Å². The molecular formula is C7H11Cl3FN3. The third-order valence-corrected chi connectivity index (χ3v) is 1.63.